The van der Waals surface area contributed by atoms with E-state index in [0.717, 1.165) is 25.7 Å². The second-order valence-electron chi connectivity index (χ2n) is 8.03. The highest BCUT2D eigenvalue weighted by Crippen LogP contribution is 2.31. The van der Waals surface area contributed by atoms with Crippen molar-refractivity contribution in [2.24, 2.45) is 0 Å². The van der Waals surface area contributed by atoms with Gasteiger partial charge in [0, 0.05) is 6.04 Å². The molecule has 1 aliphatic rings. The lowest BCUT2D eigenvalue weighted by molar-refractivity contribution is 0.0493. The fourth-order valence-corrected chi connectivity index (χ4v) is 3.45. The quantitative estimate of drug-likeness (QED) is 0.785. The van der Waals surface area contributed by atoms with Crippen molar-refractivity contribution >= 4 is 12.1 Å². The van der Waals surface area contributed by atoms with Crippen LogP contribution in [0.5, 0.6) is 0 Å². The SMILES string of the molecule is COC(=O)c1ccc(C2CCCCCC(NC(=O)OC(C)(C)C)C2)cc1. The van der Waals surface area contributed by atoms with E-state index < -0.39 is 5.60 Å². The molecule has 1 aromatic carbocycles. The summed E-state index contributed by atoms with van der Waals surface area (Å²) in [6, 6.07) is 7.74. The Hall–Kier alpha value is -2.04. The van der Waals surface area contributed by atoms with Crippen LogP contribution in [-0.2, 0) is 9.47 Å². The van der Waals surface area contributed by atoms with E-state index in [0.29, 0.717) is 11.5 Å². The van der Waals surface area contributed by atoms with Crippen molar-refractivity contribution in [3.8, 4) is 0 Å². The Labute approximate surface area is 156 Å². The Morgan fingerprint density at radius 2 is 1.69 bits per heavy atom. The van der Waals surface area contributed by atoms with Crippen molar-refractivity contribution in [1.82, 2.24) is 5.32 Å². The van der Waals surface area contributed by atoms with Crippen LogP contribution in [0.3, 0.4) is 0 Å². The number of benzene rings is 1. The minimum atomic E-state index is -0.491. The van der Waals surface area contributed by atoms with Gasteiger partial charge in [0.25, 0.3) is 0 Å². The fraction of sp³-hybridized carbons (Fsp3) is 0.619. The molecule has 2 atom stereocenters. The molecule has 26 heavy (non-hydrogen) atoms. The Kier molecular flexibility index (Phi) is 7.06. The van der Waals surface area contributed by atoms with Crippen molar-refractivity contribution in [1.29, 1.82) is 0 Å². The molecule has 144 valence electrons. The third kappa shape index (κ3) is 6.36. The number of rotatable bonds is 3. The maximum Gasteiger partial charge on any atom is 0.407 e. The third-order valence-electron chi connectivity index (χ3n) is 4.70. The minimum Gasteiger partial charge on any atom is -0.465 e. The van der Waals surface area contributed by atoms with Gasteiger partial charge in [-0.1, -0.05) is 31.4 Å². The van der Waals surface area contributed by atoms with E-state index in [2.05, 4.69) is 5.32 Å². The lowest BCUT2D eigenvalue weighted by Gasteiger charge is -2.29. The molecule has 1 amide bonds. The van der Waals surface area contributed by atoms with Crippen LogP contribution in [0.25, 0.3) is 0 Å². The number of alkyl carbamates (subject to hydrolysis) is 1. The molecule has 1 N–H and O–H groups in total. The summed E-state index contributed by atoms with van der Waals surface area (Å²) in [6.07, 6.45) is 6.07. The van der Waals surface area contributed by atoms with Gasteiger partial charge in [0.05, 0.1) is 12.7 Å². The molecule has 0 aliphatic heterocycles. The minimum absolute atomic E-state index is 0.107. The van der Waals surface area contributed by atoms with E-state index in [1.165, 1.54) is 25.5 Å². The summed E-state index contributed by atoms with van der Waals surface area (Å²) in [4.78, 5) is 23.7. The van der Waals surface area contributed by atoms with Crippen molar-refractivity contribution in [2.45, 2.75) is 76.9 Å². The fourth-order valence-electron chi connectivity index (χ4n) is 3.45. The Morgan fingerprint density at radius 1 is 1.04 bits per heavy atom. The zero-order chi connectivity index (χ0) is 19.2. The summed E-state index contributed by atoms with van der Waals surface area (Å²) in [7, 11) is 1.39. The highest BCUT2D eigenvalue weighted by molar-refractivity contribution is 5.89. The standard InChI is InChI=1S/C21H31NO4/c1-21(2,3)26-20(24)22-18-9-7-5-6-8-17(14-18)15-10-12-16(13-11-15)19(23)25-4/h10-13,17-18H,5-9,14H2,1-4H3,(H,22,24). The molecule has 1 saturated carbocycles. The van der Waals surface area contributed by atoms with Gasteiger partial charge in [-0.25, -0.2) is 9.59 Å². The van der Waals surface area contributed by atoms with Crippen LogP contribution in [-0.4, -0.2) is 30.8 Å². The monoisotopic (exact) mass is 361 g/mol. The second kappa shape index (κ2) is 9.06. The van der Waals surface area contributed by atoms with E-state index in [9.17, 15) is 9.59 Å². The summed E-state index contributed by atoms with van der Waals surface area (Å²) in [6.45, 7) is 5.61. The molecular weight excluding hydrogens is 330 g/mol. The first-order valence-electron chi connectivity index (χ1n) is 9.46. The van der Waals surface area contributed by atoms with E-state index in [-0.39, 0.29) is 18.1 Å². The van der Waals surface area contributed by atoms with Crippen LogP contribution in [0.1, 0.15) is 81.1 Å². The van der Waals surface area contributed by atoms with Crippen molar-refractivity contribution in [3.05, 3.63) is 35.4 Å². The lowest BCUT2D eigenvalue weighted by atomic mass is 9.83. The number of hydrogen-bond donors (Lipinski definition) is 1. The van der Waals surface area contributed by atoms with Crippen molar-refractivity contribution in [2.75, 3.05) is 7.11 Å². The highest BCUT2D eigenvalue weighted by Gasteiger charge is 2.24. The van der Waals surface area contributed by atoms with Gasteiger partial charge < -0.3 is 14.8 Å². The Bertz CT molecular complexity index is 603. The molecular formula is C21H31NO4. The van der Waals surface area contributed by atoms with Crippen LogP contribution in [0.2, 0.25) is 0 Å². The van der Waals surface area contributed by atoms with Gasteiger partial charge >= 0.3 is 12.1 Å². The van der Waals surface area contributed by atoms with Gasteiger partial charge in [-0.05, 0) is 63.6 Å². The van der Waals surface area contributed by atoms with Crippen LogP contribution in [0.4, 0.5) is 4.79 Å². The summed E-state index contributed by atoms with van der Waals surface area (Å²) in [5.41, 5.74) is 1.27. The first-order valence-corrected chi connectivity index (χ1v) is 9.46. The molecule has 0 spiro atoms. The molecule has 0 radical (unpaired) electrons. The Balaban J connectivity index is 2.04. The molecule has 5 nitrogen and oxygen atoms in total. The van der Waals surface area contributed by atoms with Gasteiger partial charge in [0.1, 0.15) is 5.60 Å². The van der Waals surface area contributed by atoms with Gasteiger partial charge in [0.15, 0.2) is 0 Å². The molecule has 0 aromatic heterocycles. The number of carbonyl (C=O) groups is 2. The largest absolute Gasteiger partial charge is 0.465 e. The predicted octanol–water partition coefficient (Wildman–Crippen LogP) is 4.80. The summed E-state index contributed by atoms with van der Waals surface area (Å²) in [5.74, 6) is 0.0422. The molecule has 5 heteroatoms. The maximum absolute atomic E-state index is 12.1. The third-order valence-corrected chi connectivity index (χ3v) is 4.70. The highest BCUT2D eigenvalue weighted by atomic mass is 16.6. The van der Waals surface area contributed by atoms with Gasteiger partial charge in [-0.2, -0.15) is 0 Å². The first-order chi connectivity index (χ1) is 12.3. The normalized spacial score (nSPS) is 21.2. The molecule has 0 saturated heterocycles. The van der Waals surface area contributed by atoms with Crippen LogP contribution < -0.4 is 5.32 Å². The molecule has 1 aliphatic carbocycles. The number of hydrogen-bond acceptors (Lipinski definition) is 4. The molecule has 2 unspecified atom stereocenters. The zero-order valence-electron chi connectivity index (χ0n) is 16.3. The van der Waals surface area contributed by atoms with Gasteiger partial charge in [-0.3, -0.25) is 0 Å². The predicted molar refractivity (Wildman–Crippen MR) is 101 cm³/mol. The molecule has 0 bridgehead atoms. The summed E-state index contributed by atoms with van der Waals surface area (Å²) >= 11 is 0. The van der Waals surface area contributed by atoms with E-state index in [1.54, 1.807) is 0 Å². The van der Waals surface area contributed by atoms with Crippen molar-refractivity contribution < 1.29 is 19.1 Å². The summed E-state index contributed by atoms with van der Waals surface area (Å²) in [5, 5.41) is 3.05. The first kappa shape index (κ1) is 20.3. The van der Waals surface area contributed by atoms with Gasteiger partial charge in [0.2, 0.25) is 0 Å². The van der Waals surface area contributed by atoms with Crippen LogP contribution in [0.15, 0.2) is 24.3 Å². The van der Waals surface area contributed by atoms with Gasteiger partial charge in [-0.15, -0.1) is 0 Å². The van der Waals surface area contributed by atoms with Crippen LogP contribution >= 0.6 is 0 Å². The number of esters is 1. The lowest BCUT2D eigenvalue weighted by Crippen LogP contribution is -2.40. The average Bonchev–Trinajstić information content (AvgIpc) is 2.55. The van der Waals surface area contributed by atoms with Crippen molar-refractivity contribution in [3.63, 3.8) is 0 Å². The van der Waals surface area contributed by atoms with E-state index >= 15 is 0 Å². The number of amides is 1. The number of ether oxygens (including phenoxy) is 2. The Morgan fingerprint density at radius 3 is 2.31 bits per heavy atom. The maximum atomic E-state index is 12.1. The summed E-state index contributed by atoms with van der Waals surface area (Å²) < 4.78 is 10.2. The smallest absolute Gasteiger partial charge is 0.407 e. The molecule has 0 heterocycles. The van der Waals surface area contributed by atoms with E-state index in [4.69, 9.17) is 9.47 Å². The molecule has 1 fully saturated rings. The molecule has 1 aromatic rings. The zero-order valence-corrected chi connectivity index (χ0v) is 16.3. The number of carbonyl (C=O) groups excluding carboxylic acids is 2. The number of nitrogens with one attached hydrogen (secondary N) is 1. The average molecular weight is 361 g/mol. The van der Waals surface area contributed by atoms with Crippen LogP contribution in [0, 0.1) is 0 Å². The number of methoxy groups -OCH3 is 1. The molecule has 2 rings (SSSR count). The van der Waals surface area contributed by atoms with E-state index in [1.807, 2.05) is 45.0 Å². The topological polar surface area (TPSA) is 64.6 Å². The second-order valence-corrected chi connectivity index (χ2v) is 8.03.